The molecule has 0 aliphatic carbocycles. The van der Waals surface area contributed by atoms with Gasteiger partial charge in [0.25, 0.3) is 0 Å². The first-order valence-corrected chi connectivity index (χ1v) is 5.73. The number of carbonyl (C=O) groups excluding carboxylic acids is 1. The molecule has 0 aliphatic rings. The number of hydrogen-bond acceptors (Lipinski definition) is 2. The molecule has 0 saturated heterocycles. The number of aryl methyl sites for hydroxylation is 1. The van der Waals surface area contributed by atoms with Crippen molar-refractivity contribution in [3.63, 3.8) is 0 Å². The van der Waals surface area contributed by atoms with Gasteiger partial charge in [0.2, 0.25) is 5.91 Å². The van der Waals surface area contributed by atoms with E-state index in [0.29, 0.717) is 13.0 Å². The number of hydrogen-bond donors (Lipinski definition) is 1. The fourth-order valence-corrected chi connectivity index (χ4v) is 1.57. The van der Waals surface area contributed by atoms with Gasteiger partial charge in [-0.2, -0.15) is 0 Å². The van der Waals surface area contributed by atoms with E-state index in [4.69, 9.17) is 5.73 Å². The molecule has 0 unspecified atom stereocenters. The number of benzene rings is 1. The van der Waals surface area contributed by atoms with Crippen molar-refractivity contribution in [2.75, 3.05) is 11.4 Å². The van der Waals surface area contributed by atoms with Gasteiger partial charge in [-0.3, -0.25) is 4.79 Å². The van der Waals surface area contributed by atoms with Crippen LogP contribution in [-0.4, -0.2) is 18.5 Å². The Bertz CT molecular complexity index is 345. The van der Waals surface area contributed by atoms with Gasteiger partial charge in [0.15, 0.2) is 0 Å². The third-order valence-electron chi connectivity index (χ3n) is 2.68. The standard InChI is InChI=1S/C13H20N2O/c1-4-12(14)13(16)15(5-2)11-8-6-10(3)7-9-11/h6-9,12H,4-5,14H2,1-3H3/t12-/m0/s1. The second-order valence-electron chi connectivity index (χ2n) is 3.93. The van der Waals surface area contributed by atoms with Crippen molar-refractivity contribution in [3.05, 3.63) is 29.8 Å². The molecule has 0 spiro atoms. The summed E-state index contributed by atoms with van der Waals surface area (Å²) >= 11 is 0. The van der Waals surface area contributed by atoms with Crippen molar-refractivity contribution in [2.45, 2.75) is 33.2 Å². The van der Waals surface area contributed by atoms with Gasteiger partial charge in [0, 0.05) is 12.2 Å². The number of nitrogens with zero attached hydrogens (tertiary/aromatic N) is 1. The van der Waals surface area contributed by atoms with Crippen LogP contribution in [-0.2, 0) is 4.79 Å². The molecule has 88 valence electrons. The van der Waals surface area contributed by atoms with E-state index < -0.39 is 6.04 Å². The Kier molecular flexibility index (Phi) is 4.50. The number of likely N-dealkylation sites (N-methyl/N-ethyl adjacent to an activating group) is 1. The van der Waals surface area contributed by atoms with Gasteiger partial charge in [0.1, 0.15) is 0 Å². The van der Waals surface area contributed by atoms with Crippen LogP contribution in [0.3, 0.4) is 0 Å². The van der Waals surface area contributed by atoms with Gasteiger partial charge in [-0.25, -0.2) is 0 Å². The molecule has 0 aromatic heterocycles. The highest BCUT2D eigenvalue weighted by molar-refractivity contribution is 5.96. The Labute approximate surface area is 97.2 Å². The number of anilines is 1. The van der Waals surface area contributed by atoms with E-state index in [-0.39, 0.29) is 5.91 Å². The fourth-order valence-electron chi connectivity index (χ4n) is 1.57. The first-order valence-electron chi connectivity index (χ1n) is 5.73. The van der Waals surface area contributed by atoms with E-state index in [1.807, 2.05) is 45.0 Å². The predicted octanol–water partition coefficient (Wildman–Crippen LogP) is 2.09. The van der Waals surface area contributed by atoms with Gasteiger partial charge < -0.3 is 10.6 Å². The number of rotatable bonds is 4. The van der Waals surface area contributed by atoms with Crippen LogP contribution in [0.4, 0.5) is 5.69 Å². The van der Waals surface area contributed by atoms with Crippen LogP contribution in [0.15, 0.2) is 24.3 Å². The third-order valence-corrected chi connectivity index (χ3v) is 2.68. The van der Waals surface area contributed by atoms with Crippen LogP contribution in [0.2, 0.25) is 0 Å². The summed E-state index contributed by atoms with van der Waals surface area (Å²) in [5.74, 6) is -0.00569. The van der Waals surface area contributed by atoms with E-state index in [0.717, 1.165) is 5.69 Å². The Hall–Kier alpha value is -1.35. The number of carbonyl (C=O) groups is 1. The molecule has 3 nitrogen and oxygen atoms in total. The zero-order valence-corrected chi connectivity index (χ0v) is 10.2. The minimum absolute atomic E-state index is 0.00569. The summed E-state index contributed by atoms with van der Waals surface area (Å²) in [6.07, 6.45) is 0.668. The quantitative estimate of drug-likeness (QED) is 0.844. The van der Waals surface area contributed by atoms with Crippen LogP contribution in [0, 0.1) is 6.92 Å². The molecule has 3 heteroatoms. The van der Waals surface area contributed by atoms with Crippen molar-refractivity contribution >= 4 is 11.6 Å². The lowest BCUT2D eigenvalue weighted by atomic mass is 10.1. The Morgan fingerprint density at radius 3 is 2.31 bits per heavy atom. The van der Waals surface area contributed by atoms with Gasteiger partial charge >= 0.3 is 0 Å². The highest BCUT2D eigenvalue weighted by Crippen LogP contribution is 2.16. The molecule has 0 fully saturated rings. The van der Waals surface area contributed by atoms with Gasteiger partial charge in [-0.15, -0.1) is 0 Å². The Morgan fingerprint density at radius 2 is 1.88 bits per heavy atom. The highest BCUT2D eigenvalue weighted by atomic mass is 16.2. The number of nitrogens with two attached hydrogens (primary N) is 1. The van der Waals surface area contributed by atoms with Crippen molar-refractivity contribution in [2.24, 2.45) is 5.73 Å². The lowest BCUT2D eigenvalue weighted by Gasteiger charge is -2.24. The second kappa shape index (κ2) is 5.66. The summed E-state index contributed by atoms with van der Waals surface area (Å²) in [5.41, 5.74) is 7.87. The molecular formula is C13H20N2O. The lowest BCUT2D eigenvalue weighted by molar-refractivity contribution is -0.119. The molecule has 0 bridgehead atoms. The Morgan fingerprint density at radius 1 is 1.31 bits per heavy atom. The molecule has 0 aliphatic heterocycles. The highest BCUT2D eigenvalue weighted by Gasteiger charge is 2.19. The van der Waals surface area contributed by atoms with E-state index in [9.17, 15) is 4.79 Å². The monoisotopic (exact) mass is 220 g/mol. The maximum Gasteiger partial charge on any atom is 0.243 e. The molecule has 1 rings (SSSR count). The first kappa shape index (κ1) is 12.7. The summed E-state index contributed by atoms with van der Waals surface area (Å²) in [6, 6.07) is 7.52. The normalized spacial score (nSPS) is 12.2. The zero-order valence-electron chi connectivity index (χ0n) is 10.2. The SMILES string of the molecule is CC[C@H](N)C(=O)N(CC)c1ccc(C)cc1. The molecule has 0 radical (unpaired) electrons. The minimum atomic E-state index is -0.402. The summed E-state index contributed by atoms with van der Waals surface area (Å²) in [6.45, 7) is 6.56. The summed E-state index contributed by atoms with van der Waals surface area (Å²) in [7, 11) is 0. The molecule has 2 N–H and O–H groups in total. The molecule has 1 atom stereocenters. The summed E-state index contributed by atoms with van der Waals surface area (Å²) in [5, 5.41) is 0. The van der Waals surface area contributed by atoms with Crippen molar-refractivity contribution in [1.29, 1.82) is 0 Å². The van der Waals surface area contributed by atoms with Gasteiger partial charge in [-0.1, -0.05) is 24.6 Å². The molecule has 1 aromatic carbocycles. The van der Waals surface area contributed by atoms with E-state index >= 15 is 0 Å². The maximum atomic E-state index is 12.0. The lowest BCUT2D eigenvalue weighted by Crippen LogP contribution is -2.43. The molecule has 0 saturated carbocycles. The molecule has 0 heterocycles. The summed E-state index contributed by atoms with van der Waals surface area (Å²) < 4.78 is 0. The average Bonchev–Trinajstić information content (AvgIpc) is 2.31. The first-order chi connectivity index (χ1) is 7.60. The smallest absolute Gasteiger partial charge is 0.243 e. The second-order valence-corrected chi connectivity index (χ2v) is 3.93. The number of amides is 1. The van der Waals surface area contributed by atoms with E-state index in [2.05, 4.69) is 0 Å². The van der Waals surface area contributed by atoms with Crippen LogP contribution in [0.5, 0.6) is 0 Å². The average molecular weight is 220 g/mol. The van der Waals surface area contributed by atoms with Crippen LogP contribution in [0.1, 0.15) is 25.8 Å². The third kappa shape index (κ3) is 2.83. The topological polar surface area (TPSA) is 46.3 Å². The van der Waals surface area contributed by atoms with Crippen LogP contribution < -0.4 is 10.6 Å². The van der Waals surface area contributed by atoms with E-state index in [1.54, 1.807) is 4.90 Å². The molecule has 1 amide bonds. The zero-order chi connectivity index (χ0) is 12.1. The molecule has 16 heavy (non-hydrogen) atoms. The van der Waals surface area contributed by atoms with Crippen molar-refractivity contribution < 1.29 is 4.79 Å². The Balaban J connectivity index is 2.90. The minimum Gasteiger partial charge on any atom is -0.320 e. The maximum absolute atomic E-state index is 12.0. The predicted molar refractivity (Wildman–Crippen MR) is 67.5 cm³/mol. The van der Waals surface area contributed by atoms with Gasteiger partial charge in [0.05, 0.1) is 6.04 Å². The van der Waals surface area contributed by atoms with Crippen molar-refractivity contribution in [1.82, 2.24) is 0 Å². The van der Waals surface area contributed by atoms with Crippen LogP contribution in [0.25, 0.3) is 0 Å². The van der Waals surface area contributed by atoms with Crippen LogP contribution >= 0.6 is 0 Å². The fraction of sp³-hybridized carbons (Fsp3) is 0.462. The van der Waals surface area contributed by atoms with E-state index in [1.165, 1.54) is 5.56 Å². The summed E-state index contributed by atoms with van der Waals surface area (Å²) in [4.78, 5) is 13.7. The molecular weight excluding hydrogens is 200 g/mol. The van der Waals surface area contributed by atoms with Crippen molar-refractivity contribution in [3.8, 4) is 0 Å². The molecule has 1 aromatic rings. The largest absolute Gasteiger partial charge is 0.320 e. The van der Waals surface area contributed by atoms with Gasteiger partial charge in [-0.05, 0) is 32.4 Å².